The Labute approximate surface area is 134 Å². The van der Waals surface area contributed by atoms with Crippen LogP contribution in [0.5, 0.6) is 11.5 Å². The number of fused-ring (bicyclic) bond motifs is 1. The first-order valence-corrected chi connectivity index (χ1v) is 8.95. The van der Waals surface area contributed by atoms with Crippen LogP contribution in [0.4, 0.5) is 5.69 Å². The summed E-state index contributed by atoms with van der Waals surface area (Å²) in [5.74, 6) is 0.429. The van der Waals surface area contributed by atoms with Gasteiger partial charge in [0.25, 0.3) is 5.69 Å². The molecule has 0 aliphatic carbocycles. The molecule has 126 valence electrons. The van der Waals surface area contributed by atoms with E-state index >= 15 is 0 Å². The molecule has 2 aliphatic heterocycles. The highest BCUT2D eigenvalue weighted by atomic mass is 32.2. The van der Waals surface area contributed by atoms with Crippen LogP contribution in [0, 0.1) is 10.1 Å². The lowest BCUT2D eigenvalue weighted by Gasteiger charge is -2.32. The smallest absolute Gasteiger partial charge is 0.293 e. The lowest BCUT2D eigenvalue weighted by molar-refractivity contribution is -0.388. The van der Waals surface area contributed by atoms with Crippen molar-refractivity contribution in [3.63, 3.8) is 0 Å². The summed E-state index contributed by atoms with van der Waals surface area (Å²) in [4.78, 5) is 10.3. The van der Waals surface area contributed by atoms with E-state index in [-0.39, 0.29) is 35.7 Å². The number of rotatable bonds is 3. The van der Waals surface area contributed by atoms with Crippen LogP contribution in [-0.2, 0) is 10.0 Å². The largest absolute Gasteiger partial charge is 0.486 e. The van der Waals surface area contributed by atoms with Crippen molar-refractivity contribution < 1.29 is 22.8 Å². The molecule has 0 bridgehead atoms. The molecule has 9 heteroatoms. The molecule has 1 fully saturated rings. The molecule has 0 saturated carbocycles. The first-order valence-electron chi connectivity index (χ1n) is 7.51. The monoisotopic (exact) mass is 342 g/mol. The average Bonchev–Trinajstić information content (AvgIpc) is 2.53. The molecule has 1 aromatic carbocycles. The first kappa shape index (κ1) is 16.0. The number of benzene rings is 1. The third-order valence-corrected chi connectivity index (χ3v) is 6.19. The van der Waals surface area contributed by atoms with E-state index in [0.717, 1.165) is 25.3 Å². The number of nitro benzene ring substituents is 1. The molecular weight excluding hydrogens is 324 g/mol. The van der Waals surface area contributed by atoms with Crippen LogP contribution < -0.4 is 9.47 Å². The SMILES string of the molecule is C[C@@H]1CCCCN1S(=O)(=O)c1cc2c(cc1[N+](=O)[O-])OCCO2. The number of nitrogens with zero attached hydrogens (tertiary/aromatic N) is 2. The number of sulfonamides is 1. The van der Waals surface area contributed by atoms with E-state index < -0.39 is 20.6 Å². The fourth-order valence-corrected chi connectivity index (χ4v) is 4.82. The third-order valence-electron chi connectivity index (χ3n) is 4.15. The molecule has 2 heterocycles. The highest BCUT2D eigenvalue weighted by Crippen LogP contribution is 2.40. The number of piperidine rings is 1. The van der Waals surface area contributed by atoms with Crippen molar-refractivity contribution >= 4 is 15.7 Å². The lowest BCUT2D eigenvalue weighted by atomic mass is 10.1. The molecule has 0 spiro atoms. The molecule has 8 nitrogen and oxygen atoms in total. The van der Waals surface area contributed by atoms with Gasteiger partial charge in [0.05, 0.1) is 11.0 Å². The molecule has 1 saturated heterocycles. The molecule has 2 aliphatic rings. The maximum absolute atomic E-state index is 12.9. The lowest BCUT2D eigenvalue weighted by Crippen LogP contribution is -2.42. The van der Waals surface area contributed by atoms with Crippen molar-refractivity contribution in [3.8, 4) is 11.5 Å². The number of hydrogen-bond acceptors (Lipinski definition) is 6. The van der Waals surface area contributed by atoms with Gasteiger partial charge in [0, 0.05) is 18.7 Å². The predicted octanol–water partition coefficient (Wildman–Crippen LogP) is 1.93. The molecule has 1 aromatic rings. The summed E-state index contributed by atoms with van der Waals surface area (Å²) in [6, 6.07) is 2.17. The first-order chi connectivity index (χ1) is 10.9. The standard InChI is InChI=1S/C14H18N2O6S/c1-10-4-2-3-5-15(10)23(19,20)14-9-13-12(21-6-7-22-13)8-11(14)16(17)18/h8-10H,2-7H2,1H3/t10-/m1/s1. The highest BCUT2D eigenvalue weighted by Gasteiger charge is 2.37. The quantitative estimate of drug-likeness (QED) is 0.615. The molecule has 3 rings (SSSR count). The maximum atomic E-state index is 12.9. The summed E-state index contributed by atoms with van der Waals surface area (Å²) in [5.41, 5.74) is -0.480. The van der Waals surface area contributed by atoms with Crippen LogP contribution in [-0.4, -0.2) is 43.4 Å². The minimum atomic E-state index is -3.96. The average molecular weight is 342 g/mol. The van der Waals surface area contributed by atoms with Crippen molar-refractivity contribution in [2.24, 2.45) is 0 Å². The Bertz CT molecular complexity index is 733. The fourth-order valence-electron chi connectivity index (χ4n) is 2.96. The summed E-state index contributed by atoms with van der Waals surface area (Å²) in [6.07, 6.45) is 2.45. The van der Waals surface area contributed by atoms with Crippen molar-refractivity contribution in [1.29, 1.82) is 0 Å². The minimum Gasteiger partial charge on any atom is -0.486 e. The number of ether oxygens (including phenoxy) is 2. The molecule has 0 unspecified atom stereocenters. The van der Waals surface area contributed by atoms with Crippen molar-refractivity contribution in [2.45, 2.75) is 37.1 Å². The number of hydrogen-bond donors (Lipinski definition) is 0. The molecule has 0 amide bonds. The Morgan fingerprint density at radius 3 is 2.48 bits per heavy atom. The van der Waals surface area contributed by atoms with E-state index in [2.05, 4.69) is 0 Å². The molecule has 23 heavy (non-hydrogen) atoms. The molecule has 0 radical (unpaired) electrons. The van der Waals surface area contributed by atoms with Crippen molar-refractivity contribution in [2.75, 3.05) is 19.8 Å². The van der Waals surface area contributed by atoms with E-state index in [0.29, 0.717) is 6.54 Å². The topological polar surface area (TPSA) is 99.0 Å². The zero-order chi connectivity index (χ0) is 16.6. The molecular formula is C14H18N2O6S. The Hall–Kier alpha value is -1.87. The summed E-state index contributed by atoms with van der Waals surface area (Å²) in [6.45, 7) is 2.75. The van der Waals surface area contributed by atoms with E-state index in [1.54, 1.807) is 0 Å². The second-order valence-electron chi connectivity index (χ2n) is 5.68. The van der Waals surface area contributed by atoms with Crippen LogP contribution in [0.1, 0.15) is 26.2 Å². The van der Waals surface area contributed by atoms with Crippen LogP contribution in [0.25, 0.3) is 0 Å². The van der Waals surface area contributed by atoms with Gasteiger partial charge in [-0.2, -0.15) is 4.31 Å². The summed E-state index contributed by atoms with van der Waals surface area (Å²) < 4.78 is 37.9. The van der Waals surface area contributed by atoms with E-state index in [4.69, 9.17) is 9.47 Å². The van der Waals surface area contributed by atoms with Gasteiger partial charge in [-0.3, -0.25) is 10.1 Å². The summed E-state index contributed by atoms with van der Waals surface area (Å²) in [5, 5.41) is 11.3. The Morgan fingerprint density at radius 2 is 1.87 bits per heavy atom. The molecule has 1 atom stereocenters. The van der Waals surface area contributed by atoms with Crippen LogP contribution in [0.2, 0.25) is 0 Å². The molecule has 0 aromatic heterocycles. The van der Waals surface area contributed by atoms with E-state index in [1.165, 1.54) is 10.4 Å². The van der Waals surface area contributed by atoms with Crippen molar-refractivity contribution in [1.82, 2.24) is 4.31 Å². The van der Waals surface area contributed by atoms with Crippen LogP contribution in [0.3, 0.4) is 0 Å². The molecule has 0 N–H and O–H groups in total. The highest BCUT2D eigenvalue weighted by molar-refractivity contribution is 7.89. The van der Waals surface area contributed by atoms with Gasteiger partial charge in [0.2, 0.25) is 10.0 Å². The van der Waals surface area contributed by atoms with Gasteiger partial charge >= 0.3 is 0 Å². The normalized spacial score (nSPS) is 21.9. The second kappa shape index (κ2) is 5.97. The Balaban J connectivity index is 2.11. The van der Waals surface area contributed by atoms with Gasteiger partial charge in [-0.1, -0.05) is 6.42 Å². The van der Waals surface area contributed by atoms with Crippen LogP contribution in [0.15, 0.2) is 17.0 Å². The second-order valence-corrected chi connectivity index (χ2v) is 7.54. The third kappa shape index (κ3) is 2.86. The van der Waals surface area contributed by atoms with Gasteiger partial charge in [-0.15, -0.1) is 0 Å². The Kier molecular flexibility index (Phi) is 4.15. The van der Waals surface area contributed by atoms with Gasteiger partial charge in [-0.25, -0.2) is 8.42 Å². The zero-order valence-electron chi connectivity index (χ0n) is 12.7. The van der Waals surface area contributed by atoms with E-state index in [9.17, 15) is 18.5 Å². The fraction of sp³-hybridized carbons (Fsp3) is 0.571. The summed E-state index contributed by atoms with van der Waals surface area (Å²) >= 11 is 0. The maximum Gasteiger partial charge on any atom is 0.293 e. The van der Waals surface area contributed by atoms with Gasteiger partial charge in [-0.05, 0) is 19.8 Å². The van der Waals surface area contributed by atoms with Crippen molar-refractivity contribution in [3.05, 3.63) is 22.2 Å². The predicted molar refractivity (Wildman–Crippen MR) is 81.3 cm³/mol. The zero-order valence-corrected chi connectivity index (χ0v) is 13.5. The minimum absolute atomic E-state index is 0.179. The van der Waals surface area contributed by atoms with E-state index in [1.807, 2.05) is 6.92 Å². The van der Waals surface area contributed by atoms with Gasteiger partial charge in [0.1, 0.15) is 13.2 Å². The summed E-state index contributed by atoms with van der Waals surface area (Å²) in [7, 11) is -3.96. The van der Waals surface area contributed by atoms with Gasteiger partial charge < -0.3 is 9.47 Å². The Morgan fingerprint density at radius 1 is 1.22 bits per heavy atom. The van der Waals surface area contributed by atoms with Crippen LogP contribution >= 0.6 is 0 Å². The van der Waals surface area contributed by atoms with Gasteiger partial charge in [0.15, 0.2) is 16.4 Å². The number of nitro groups is 1.